The number of rotatable bonds is 12. The minimum absolute atomic E-state index is 0.0606. The number of nitrogens with one attached hydrogen (secondary N) is 1. The lowest BCUT2D eigenvalue weighted by Gasteiger charge is -2.43. The zero-order valence-corrected chi connectivity index (χ0v) is 27.2. The van der Waals surface area contributed by atoms with E-state index in [2.05, 4.69) is 27.9 Å². The Morgan fingerprint density at radius 2 is 1.93 bits per heavy atom. The number of hydrogen-bond donors (Lipinski definition) is 3. The zero-order valence-electron chi connectivity index (χ0n) is 25.0. The van der Waals surface area contributed by atoms with E-state index in [1.807, 2.05) is 4.90 Å². The van der Waals surface area contributed by atoms with Gasteiger partial charge in [-0.1, -0.05) is 25.7 Å². The molecule has 0 aromatic heterocycles. The summed E-state index contributed by atoms with van der Waals surface area (Å²) in [6.07, 6.45) is 11.4. The molecule has 3 N–H and O–H groups in total. The van der Waals surface area contributed by atoms with Gasteiger partial charge in [-0.25, -0.2) is 0 Å². The van der Waals surface area contributed by atoms with Crippen molar-refractivity contribution >= 4 is 40.7 Å². The van der Waals surface area contributed by atoms with Crippen molar-refractivity contribution < 1.29 is 34.1 Å². The maximum absolute atomic E-state index is 14.2. The Labute approximate surface area is 267 Å². The number of halogens is 1. The number of aldehydes is 1. The van der Waals surface area contributed by atoms with Crippen LogP contribution in [0.3, 0.4) is 0 Å². The van der Waals surface area contributed by atoms with Gasteiger partial charge in [0.25, 0.3) is 0 Å². The number of carbonyl (C=O) groups excluding carboxylic acids is 3. The van der Waals surface area contributed by atoms with E-state index in [-0.39, 0.29) is 31.4 Å². The summed E-state index contributed by atoms with van der Waals surface area (Å²) >= 11 is 2.06. The molecule has 3 saturated carbocycles. The second-order valence-electron chi connectivity index (χ2n) is 12.9. The summed E-state index contributed by atoms with van der Waals surface area (Å²) in [5, 5.41) is 24.0. The second-order valence-corrected chi connectivity index (χ2v) is 14.0. The maximum atomic E-state index is 14.2. The summed E-state index contributed by atoms with van der Waals surface area (Å²) in [6, 6.07) is 2.60. The molecule has 6 atom stereocenters. The monoisotopic (exact) mass is 708 g/mol. The van der Waals surface area contributed by atoms with Gasteiger partial charge in [0, 0.05) is 37.1 Å². The van der Waals surface area contributed by atoms with Gasteiger partial charge in [0.05, 0.1) is 23.3 Å². The molecule has 5 rings (SSSR count). The van der Waals surface area contributed by atoms with Gasteiger partial charge >= 0.3 is 0 Å². The predicted molar refractivity (Wildman–Crippen MR) is 170 cm³/mol. The fourth-order valence-electron chi connectivity index (χ4n) is 7.88. The number of hydrogen-bond acceptors (Lipinski definition) is 7. The quantitative estimate of drug-likeness (QED) is 0.219. The van der Waals surface area contributed by atoms with Crippen LogP contribution in [-0.4, -0.2) is 78.3 Å². The third-order valence-corrected chi connectivity index (χ3v) is 10.9. The highest BCUT2D eigenvalue weighted by Crippen LogP contribution is 2.50. The Morgan fingerprint density at radius 1 is 1.14 bits per heavy atom. The second kappa shape index (κ2) is 14.7. The molecule has 4 aliphatic rings. The van der Waals surface area contributed by atoms with Gasteiger partial charge in [-0.3, -0.25) is 14.4 Å². The molecule has 9 nitrogen and oxygen atoms in total. The molecule has 2 amide bonds. The number of benzene rings is 1. The standard InChI is InChI=1S/C33H45IN2O7/c1-42-29-14-22(19-38)13-26(34)32(29)43-28-16-25(33(41)35-9-10-37)15-27(31(28)40)36(18-20-5-3-2-4-6-20)30(39)17-24-12-21-7-8-23(24)11-21/h13-14,16,19-21,23-24,27-28,31,37,40H,2-12,15,17-18H2,1H3,(H,35,41). The lowest BCUT2D eigenvalue weighted by Crippen LogP contribution is -2.56. The van der Waals surface area contributed by atoms with Crippen molar-refractivity contribution in [1.82, 2.24) is 10.2 Å². The molecule has 2 bridgehead atoms. The smallest absolute Gasteiger partial charge is 0.247 e. The summed E-state index contributed by atoms with van der Waals surface area (Å²) in [5.74, 6) is 2.51. The fraction of sp³-hybridized carbons (Fsp3) is 0.667. The molecule has 0 saturated heterocycles. The lowest BCUT2D eigenvalue weighted by atomic mass is 9.83. The number of carbonyl (C=O) groups is 3. The number of amides is 2. The average Bonchev–Trinajstić information content (AvgIpc) is 3.64. The fourth-order valence-corrected chi connectivity index (χ4v) is 8.63. The van der Waals surface area contributed by atoms with Crippen LogP contribution in [0.4, 0.5) is 0 Å². The molecule has 6 unspecified atom stereocenters. The molecule has 1 aromatic rings. The number of aliphatic hydroxyl groups is 2. The van der Waals surface area contributed by atoms with Crippen LogP contribution in [0, 0.1) is 27.2 Å². The largest absolute Gasteiger partial charge is 0.493 e. The van der Waals surface area contributed by atoms with E-state index >= 15 is 0 Å². The number of methoxy groups -OCH3 is 1. The van der Waals surface area contributed by atoms with Crippen LogP contribution in [0.5, 0.6) is 11.5 Å². The normalized spacial score (nSPS) is 28.7. The molecule has 236 valence electrons. The van der Waals surface area contributed by atoms with Gasteiger partial charge < -0.3 is 29.9 Å². The summed E-state index contributed by atoms with van der Waals surface area (Å²) in [5.41, 5.74) is 0.841. The molecular weight excluding hydrogens is 663 g/mol. The van der Waals surface area contributed by atoms with E-state index < -0.39 is 18.2 Å². The Bertz CT molecular complexity index is 1200. The van der Waals surface area contributed by atoms with Gasteiger partial charge in [0.15, 0.2) is 11.5 Å². The Hall–Kier alpha value is -2.18. The Morgan fingerprint density at radius 3 is 2.58 bits per heavy atom. The number of fused-ring (bicyclic) bond motifs is 2. The number of nitrogens with zero attached hydrogens (tertiary/aromatic N) is 1. The first-order chi connectivity index (χ1) is 20.8. The van der Waals surface area contributed by atoms with Gasteiger partial charge in [-0.2, -0.15) is 0 Å². The molecule has 0 spiro atoms. The zero-order chi connectivity index (χ0) is 30.5. The van der Waals surface area contributed by atoms with E-state index in [4.69, 9.17) is 9.47 Å². The van der Waals surface area contributed by atoms with E-state index in [1.54, 1.807) is 18.2 Å². The molecule has 1 aromatic carbocycles. The first kappa shape index (κ1) is 32.2. The topological polar surface area (TPSA) is 125 Å². The Balaban J connectivity index is 1.45. The summed E-state index contributed by atoms with van der Waals surface area (Å²) in [6.45, 7) is 0.469. The summed E-state index contributed by atoms with van der Waals surface area (Å²) in [7, 11) is 1.48. The number of ether oxygens (including phenoxy) is 2. The summed E-state index contributed by atoms with van der Waals surface area (Å²) < 4.78 is 12.5. The van der Waals surface area contributed by atoms with Crippen molar-refractivity contribution in [2.75, 3.05) is 26.8 Å². The first-order valence-electron chi connectivity index (χ1n) is 15.9. The van der Waals surface area contributed by atoms with Gasteiger partial charge in [-0.15, -0.1) is 0 Å². The highest BCUT2D eigenvalue weighted by molar-refractivity contribution is 14.1. The molecule has 0 heterocycles. The lowest BCUT2D eigenvalue weighted by molar-refractivity contribution is -0.141. The van der Waals surface area contributed by atoms with E-state index in [1.165, 1.54) is 32.8 Å². The van der Waals surface area contributed by atoms with Crippen molar-refractivity contribution in [1.29, 1.82) is 0 Å². The first-order valence-corrected chi connectivity index (χ1v) is 17.0. The van der Waals surface area contributed by atoms with Crippen molar-refractivity contribution in [2.24, 2.45) is 23.7 Å². The van der Waals surface area contributed by atoms with Crippen LogP contribution in [-0.2, 0) is 9.59 Å². The van der Waals surface area contributed by atoms with Gasteiger partial charge in [0.2, 0.25) is 11.8 Å². The highest BCUT2D eigenvalue weighted by Gasteiger charge is 2.44. The minimum Gasteiger partial charge on any atom is -0.493 e. The molecule has 0 radical (unpaired) electrons. The molecule has 43 heavy (non-hydrogen) atoms. The predicted octanol–water partition coefficient (Wildman–Crippen LogP) is 4.26. The van der Waals surface area contributed by atoms with Crippen LogP contribution in [0.1, 0.15) is 81.0 Å². The van der Waals surface area contributed by atoms with E-state index in [0.717, 1.165) is 44.3 Å². The molecule has 10 heteroatoms. The van der Waals surface area contributed by atoms with Crippen LogP contribution < -0.4 is 14.8 Å². The molecule has 0 aliphatic heterocycles. The molecule has 4 aliphatic carbocycles. The van der Waals surface area contributed by atoms with Crippen LogP contribution >= 0.6 is 22.6 Å². The maximum Gasteiger partial charge on any atom is 0.247 e. The van der Waals surface area contributed by atoms with Crippen molar-refractivity contribution in [3.8, 4) is 11.5 Å². The van der Waals surface area contributed by atoms with E-state index in [9.17, 15) is 24.6 Å². The third kappa shape index (κ3) is 7.56. The van der Waals surface area contributed by atoms with Crippen LogP contribution in [0.15, 0.2) is 23.8 Å². The average molecular weight is 709 g/mol. The van der Waals surface area contributed by atoms with E-state index in [0.29, 0.717) is 56.9 Å². The third-order valence-electron chi connectivity index (χ3n) is 10.1. The molecular formula is C33H45IN2O7. The van der Waals surface area contributed by atoms with Crippen molar-refractivity contribution in [3.63, 3.8) is 0 Å². The molecule has 3 fully saturated rings. The van der Waals surface area contributed by atoms with Gasteiger partial charge in [-0.05, 0) is 96.6 Å². The van der Waals surface area contributed by atoms with Crippen LogP contribution in [0.25, 0.3) is 0 Å². The van der Waals surface area contributed by atoms with Crippen molar-refractivity contribution in [3.05, 3.63) is 32.9 Å². The van der Waals surface area contributed by atoms with Crippen molar-refractivity contribution in [2.45, 2.75) is 88.9 Å². The van der Waals surface area contributed by atoms with Crippen LogP contribution in [0.2, 0.25) is 0 Å². The minimum atomic E-state index is -1.09. The Kier molecular flexibility index (Phi) is 11.0. The van der Waals surface area contributed by atoms with Gasteiger partial charge in [0.1, 0.15) is 18.5 Å². The number of aliphatic hydroxyl groups excluding tert-OH is 2. The SMILES string of the molecule is COc1cc(C=O)cc(I)c1OC1C=C(C(=O)NCCO)CC(N(CC2CCCCC2)C(=O)CC2CC3CCC2C3)C1O. The summed E-state index contributed by atoms with van der Waals surface area (Å²) in [4.78, 5) is 40.8. The highest BCUT2D eigenvalue weighted by atomic mass is 127.